The van der Waals surface area contributed by atoms with Gasteiger partial charge < -0.3 is 15.4 Å². The van der Waals surface area contributed by atoms with E-state index in [1.54, 1.807) is 7.05 Å². The molecule has 0 amide bonds. The predicted molar refractivity (Wildman–Crippen MR) is 106 cm³/mol. The van der Waals surface area contributed by atoms with Gasteiger partial charge in [-0.3, -0.25) is 4.99 Å². The Kier molecular flexibility index (Phi) is 11.6. The lowest BCUT2D eigenvalue weighted by molar-refractivity contribution is 0.154. The molecule has 0 aromatic heterocycles. The molecule has 9 heteroatoms. The highest BCUT2D eigenvalue weighted by Crippen LogP contribution is 2.10. The van der Waals surface area contributed by atoms with Crippen molar-refractivity contribution in [3.05, 3.63) is 34.9 Å². The van der Waals surface area contributed by atoms with Gasteiger partial charge in [-0.15, -0.1) is 24.0 Å². The maximum Gasteiger partial charge on any atom is 0.191 e. The summed E-state index contributed by atoms with van der Waals surface area (Å²) in [7, 11) is -1.29. The van der Waals surface area contributed by atoms with Crippen LogP contribution in [0.5, 0.6) is 0 Å². The first-order valence-corrected chi connectivity index (χ1v) is 9.29. The average molecular weight is 476 g/mol. The van der Waals surface area contributed by atoms with E-state index in [1.807, 2.05) is 24.3 Å². The number of nitrogens with one attached hydrogen (secondary N) is 2. The van der Waals surface area contributed by atoms with Crippen molar-refractivity contribution >= 4 is 51.4 Å². The SMILES string of the molecule is CN=C(NCCOCCS(C)(=O)=O)NCc1cccc(Cl)c1.I. The molecule has 1 aromatic carbocycles. The van der Waals surface area contributed by atoms with Crippen LogP contribution in [0.1, 0.15) is 5.56 Å². The Morgan fingerprint density at radius 1 is 1.30 bits per heavy atom. The molecule has 0 unspecified atom stereocenters. The molecule has 0 atom stereocenters. The number of hydrogen-bond donors (Lipinski definition) is 2. The summed E-state index contributed by atoms with van der Waals surface area (Å²) in [5.74, 6) is 0.682. The number of nitrogens with zero attached hydrogens (tertiary/aromatic N) is 1. The summed E-state index contributed by atoms with van der Waals surface area (Å²) in [6.07, 6.45) is 1.19. The van der Waals surface area contributed by atoms with Crippen LogP contribution in [0.3, 0.4) is 0 Å². The molecule has 0 bridgehead atoms. The Bertz CT molecular complexity index is 597. The van der Waals surface area contributed by atoms with Crippen LogP contribution in [0.4, 0.5) is 0 Å². The molecule has 0 aliphatic rings. The van der Waals surface area contributed by atoms with E-state index >= 15 is 0 Å². The molecular formula is C14H23ClIN3O3S. The number of benzene rings is 1. The highest BCUT2D eigenvalue weighted by molar-refractivity contribution is 14.0. The van der Waals surface area contributed by atoms with E-state index in [9.17, 15) is 8.42 Å². The second-order valence-corrected chi connectivity index (χ2v) is 7.42. The van der Waals surface area contributed by atoms with Gasteiger partial charge in [-0.2, -0.15) is 0 Å². The first-order valence-electron chi connectivity index (χ1n) is 6.85. The van der Waals surface area contributed by atoms with Crippen LogP contribution in [0.25, 0.3) is 0 Å². The number of hydrogen-bond acceptors (Lipinski definition) is 4. The Morgan fingerprint density at radius 2 is 2.04 bits per heavy atom. The van der Waals surface area contributed by atoms with Gasteiger partial charge in [0.05, 0.1) is 19.0 Å². The van der Waals surface area contributed by atoms with Crippen LogP contribution in [0.2, 0.25) is 5.02 Å². The van der Waals surface area contributed by atoms with Crippen molar-refractivity contribution < 1.29 is 13.2 Å². The van der Waals surface area contributed by atoms with Crippen LogP contribution in [-0.4, -0.2) is 53.2 Å². The van der Waals surface area contributed by atoms with Gasteiger partial charge in [0.2, 0.25) is 0 Å². The van der Waals surface area contributed by atoms with Gasteiger partial charge in [-0.25, -0.2) is 8.42 Å². The summed E-state index contributed by atoms with van der Waals surface area (Å²) in [5, 5.41) is 6.94. The lowest BCUT2D eigenvalue weighted by Crippen LogP contribution is -2.38. The molecule has 1 rings (SSSR count). The van der Waals surface area contributed by atoms with Gasteiger partial charge in [0, 0.05) is 31.4 Å². The minimum atomic E-state index is -2.97. The summed E-state index contributed by atoms with van der Waals surface area (Å²) in [6.45, 7) is 1.76. The zero-order valence-corrected chi connectivity index (χ0v) is 17.1. The summed E-state index contributed by atoms with van der Waals surface area (Å²) in [4.78, 5) is 4.09. The summed E-state index contributed by atoms with van der Waals surface area (Å²) >= 11 is 5.93. The normalized spacial score (nSPS) is 11.7. The molecule has 0 aliphatic carbocycles. The monoisotopic (exact) mass is 475 g/mol. The Hall–Kier alpha value is -0.580. The van der Waals surface area contributed by atoms with Gasteiger partial charge in [0.1, 0.15) is 9.84 Å². The number of rotatable bonds is 8. The third-order valence-corrected chi connectivity index (χ3v) is 3.85. The first-order chi connectivity index (χ1) is 10.4. The van der Waals surface area contributed by atoms with Crippen molar-refractivity contribution in [3.8, 4) is 0 Å². The minimum absolute atomic E-state index is 0. The van der Waals surface area contributed by atoms with Gasteiger partial charge in [0.25, 0.3) is 0 Å². The quantitative estimate of drug-likeness (QED) is 0.259. The second kappa shape index (κ2) is 11.9. The lowest BCUT2D eigenvalue weighted by Gasteiger charge is -2.12. The third kappa shape index (κ3) is 11.6. The van der Waals surface area contributed by atoms with Crippen LogP contribution >= 0.6 is 35.6 Å². The molecule has 0 fully saturated rings. The van der Waals surface area contributed by atoms with Crippen LogP contribution in [-0.2, 0) is 21.1 Å². The Morgan fingerprint density at radius 3 is 2.65 bits per heavy atom. The van der Waals surface area contributed by atoms with E-state index in [0.717, 1.165) is 5.56 Å². The van der Waals surface area contributed by atoms with Gasteiger partial charge in [0.15, 0.2) is 5.96 Å². The molecule has 23 heavy (non-hydrogen) atoms. The number of halogens is 2. The highest BCUT2D eigenvalue weighted by atomic mass is 127. The highest BCUT2D eigenvalue weighted by Gasteiger charge is 2.02. The molecule has 0 saturated heterocycles. The van der Waals surface area contributed by atoms with Crippen LogP contribution in [0.15, 0.2) is 29.3 Å². The Labute approximate surface area is 160 Å². The third-order valence-electron chi connectivity index (χ3n) is 2.71. The van der Waals surface area contributed by atoms with E-state index in [1.165, 1.54) is 6.26 Å². The van der Waals surface area contributed by atoms with Crippen molar-refractivity contribution in [2.45, 2.75) is 6.54 Å². The molecular weight excluding hydrogens is 453 g/mol. The summed E-state index contributed by atoms with van der Waals surface area (Å²) < 4.78 is 27.1. The maximum absolute atomic E-state index is 10.9. The van der Waals surface area contributed by atoms with E-state index in [-0.39, 0.29) is 36.3 Å². The van der Waals surface area contributed by atoms with Crippen molar-refractivity contribution in [2.24, 2.45) is 4.99 Å². The largest absolute Gasteiger partial charge is 0.379 e. The standard InChI is InChI=1S/C14H22ClN3O3S.HI/c1-16-14(17-6-7-21-8-9-22(2,19)20)18-11-12-4-3-5-13(15)10-12;/h3-5,10H,6-9,11H2,1-2H3,(H2,16,17,18);1H. The fourth-order valence-electron chi connectivity index (χ4n) is 1.61. The molecule has 0 aliphatic heterocycles. The van der Waals surface area contributed by atoms with Gasteiger partial charge >= 0.3 is 0 Å². The van der Waals surface area contributed by atoms with Crippen molar-refractivity contribution in [3.63, 3.8) is 0 Å². The average Bonchev–Trinajstić information content (AvgIpc) is 2.44. The molecule has 0 spiro atoms. The smallest absolute Gasteiger partial charge is 0.191 e. The topological polar surface area (TPSA) is 79.8 Å². The predicted octanol–water partition coefficient (Wildman–Crippen LogP) is 1.68. The molecule has 6 nitrogen and oxygen atoms in total. The molecule has 0 heterocycles. The van der Waals surface area contributed by atoms with E-state index in [2.05, 4.69) is 15.6 Å². The number of sulfone groups is 1. The zero-order chi connectivity index (χ0) is 16.4. The molecule has 0 radical (unpaired) electrons. The minimum Gasteiger partial charge on any atom is -0.379 e. The van der Waals surface area contributed by atoms with Crippen LogP contribution in [0, 0.1) is 0 Å². The van der Waals surface area contributed by atoms with Crippen LogP contribution < -0.4 is 10.6 Å². The fraction of sp³-hybridized carbons (Fsp3) is 0.500. The van der Waals surface area contributed by atoms with E-state index < -0.39 is 9.84 Å². The van der Waals surface area contributed by atoms with Crippen molar-refractivity contribution in [2.75, 3.05) is 38.8 Å². The zero-order valence-electron chi connectivity index (χ0n) is 13.2. The Balaban J connectivity index is 0.00000484. The first kappa shape index (κ1) is 22.4. The second-order valence-electron chi connectivity index (χ2n) is 4.72. The van der Waals surface area contributed by atoms with Gasteiger partial charge in [-0.1, -0.05) is 23.7 Å². The van der Waals surface area contributed by atoms with Crippen molar-refractivity contribution in [1.82, 2.24) is 10.6 Å². The maximum atomic E-state index is 10.9. The fourth-order valence-corrected chi connectivity index (χ4v) is 2.24. The molecule has 0 saturated carbocycles. The number of aliphatic imine (C=N–C) groups is 1. The van der Waals surface area contributed by atoms with E-state index in [0.29, 0.717) is 30.7 Å². The molecule has 1 aromatic rings. The summed E-state index contributed by atoms with van der Waals surface area (Å²) in [6, 6.07) is 7.58. The molecule has 132 valence electrons. The lowest BCUT2D eigenvalue weighted by atomic mass is 10.2. The van der Waals surface area contributed by atoms with Crippen molar-refractivity contribution in [1.29, 1.82) is 0 Å². The van der Waals surface area contributed by atoms with Gasteiger partial charge in [-0.05, 0) is 17.7 Å². The number of guanidine groups is 1. The number of ether oxygens (including phenoxy) is 1. The molecule has 2 N–H and O–H groups in total. The van der Waals surface area contributed by atoms with E-state index in [4.69, 9.17) is 16.3 Å². The summed E-state index contributed by atoms with van der Waals surface area (Å²) in [5.41, 5.74) is 1.06.